The fourth-order valence-corrected chi connectivity index (χ4v) is 4.96. The van der Waals surface area contributed by atoms with Crippen molar-refractivity contribution in [2.75, 3.05) is 25.1 Å². The van der Waals surface area contributed by atoms with E-state index in [0.29, 0.717) is 27.8 Å². The van der Waals surface area contributed by atoms with E-state index in [-0.39, 0.29) is 36.8 Å². The van der Waals surface area contributed by atoms with Crippen LogP contribution in [0.5, 0.6) is 11.5 Å². The third-order valence-electron chi connectivity index (χ3n) is 6.06. The van der Waals surface area contributed by atoms with Gasteiger partial charge in [0.1, 0.15) is 18.1 Å². The van der Waals surface area contributed by atoms with Crippen molar-refractivity contribution in [1.82, 2.24) is 4.90 Å². The molecule has 1 aliphatic heterocycles. The molecule has 7 nitrogen and oxygen atoms in total. The number of carbonyl (C=O) groups excluding carboxylic acids is 3. The second-order valence-electron chi connectivity index (χ2n) is 9.66. The van der Waals surface area contributed by atoms with Gasteiger partial charge in [-0.05, 0) is 90.2 Å². The number of thioether (sulfide) groups is 1. The maximum absolute atomic E-state index is 13.0. The first-order valence-electron chi connectivity index (χ1n) is 12.8. The van der Waals surface area contributed by atoms with Crippen molar-refractivity contribution in [2.24, 2.45) is 0 Å². The van der Waals surface area contributed by atoms with E-state index >= 15 is 0 Å². The Kier molecular flexibility index (Phi) is 9.09. The van der Waals surface area contributed by atoms with E-state index in [0.717, 1.165) is 34.2 Å². The molecule has 3 aromatic rings. The summed E-state index contributed by atoms with van der Waals surface area (Å²) >= 11 is 0.898. The molecule has 3 aromatic carbocycles. The first-order chi connectivity index (χ1) is 18.7. The number of hydrogen-bond donors (Lipinski definition) is 1. The molecule has 0 bridgehead atoms. The Balaban J connectivity index is 1.34. The molecule has 0 spiro atoms. The molecule has 1 heterocycles. The van der Waals surface area contributed by atoms with Gasteiger partial charge in [0.2, 0.25) is 0 Å². The molecule has 0 atom stereocenters. The van der Waals surface area contributed by atoms with E-state index in [1.54, 1.807) is 24.3 Å². The standard InChI is InChI=1S/C31H32N2O5S/c1-20(2)26-12-11-22(4)16-27(26)37-14-13-33-30(35)28(39-31(33)36)18-23-8-6-10-25(17-23)38-19-29(34)32-24-9-5-7-21(3)15-24/h5-12,15-18,20H,13-14,19H2,1-4H3,(H,32,34)/b28-18-. The number of ether oxygens (including phenoxy) is 2. The molecule has 0 radical (unpaired) electrons. The van der Waals surface area contributed by atoms with Gasteiger partial charge in [0.05, 0.1) is 11.4 Å². The average molecular weight is 545 g/mol. The number of amides is 3. The fraction of sp³-hybridized carbons (Fsp3) is 0.258. The number of hydrogen-bond acceptors (Lipinski definition) is 6. The number of nitrogens with one attached hydrogen (secondary N) is 1. The van der Waals surface area contributed by atoms with Gasteiger partial charge in [0.25, 0.3) is 17.1 Å². The summed E-state index contributed by atoms with van der Waals surface area (Å²) in [6, 6.07) is 20.6. The molecular weight excluding hydrogens is 512 g/mol. The summed E-state index contributed by atoms with van der Waals surface area (Å²) in [4.78, 5) is 39.3. The quantitative estimate of drug-likeness (QED) is 0.291. The second kappa shape index (κ2) is 12.7. The minimum absolute atomic E-state index is 0.159. The number of rotatable bonds is 10. The molecule has 4 rings (SSSR count). The van der Waals surface area contributed by atoms with Crippen molar-refractivity contribution in [2.45, 2.75) is 33.6 Å². The van der Waals surface area contributed by atoms with Crippen molar-refractivity contribution in [1.29, 1.82) is 0 Å². The van der Waals surface area contributed by atoms with Crippen molar-refractivity contribution in [3.63, 3.8) is 0 Å². The van der Waals surface area contributed by atoms with Crippen molar-refractivity contribution < 1.29 is 23.9 Å². The summed E-state index contributed by atoms with van der Waals surface area (Å²) in [6.45, 7) is 8.35. The highest BCUT2D eigenvalue weighted by Gasteiger charge is 2.34. The van der Waals surface area contributed by atoms with Crippen LogP contribution in [0.25, 0.3) is 6.08 Å². The SMILES string of the molecule is Cc1cccc(NC(=O)COc2cccc(/C=C3\SC(=O)N(CCOc4cc(C)ccc4C(C)C)C3=O)c2)c1. The number of anilines is 1. The zero-order valence-corrected chi connectivity index (χ0v) is 23.3. The highest BCUT2D eigenvalue weighted by molar-refractivity contribution is 8.18. The Morgan fingerprint density at radius 3 is 2.51 bits per heavy atom. The highest BCUT2D eigenvalue weighted by atomic mass is 32.2. The Labute approximate surface area is 233 Å². The van der Waals surface area contributed by atoms with Crippen LogP contribution in [0.3, 0.4) is 0 Å². The van der Waals surface area contributed by atoms with Crippen molar-refractivity contribution in [3.05, 3.63) is 93.9 Å². The van der Waals surface area contributed by atoms with Gasteiger partial charge in [-0.25, -0.2) is 0 Å². The van der Waals surface area contributed by atoms with Gasteiger partial charge < -0.3 is 14.8 Å². The summed E-state index contributed by atoms with van der Waals surface area (Å²) < 4.78 is 11.6. The molecule has 202 valence electrons. The lowest BCUT2D eigenvalue weighted by Crippen LogP contribution is -2.32. The number of imide groups is 1. The Bertz CT molecular complexity index is 1420. The molecule has 0 aliphatic carbocycles. The van der Waals surface area contributed by atoms with Crippen LogP contribution in [0.2, 0.25) is 0 Å². The van der Waals surface area contributed by atoms with Crippen molar-refractivity contribution >= 4 is 40.6 Å². The zero-order valence-electron chi connectivity index (χ0n) is 22.5. The summed E-state index contributed by atoms with van der Waals surface area (Å²) in [5.74, 6) is 0.918. The van der Waals surface area contributed by atoms with Crippen LogP contribution in [-0.4, -0.2) is 41.7 Å². The molecule has 3 amide bonds. The van der Waals surface area contributed by atoms with Crippen LogP contribution in [0.15, 0.2) is 71.6 Å². The molecular formula is C31H32N2O5S. The molecule has 1 N–H and O–H groups in total. The van der Waals surface area contributed by atoms with Gasteiger partial charge in [-0.2, -0.15) is 0 Å². The van der Waals surface area contributed by atoms with E-state index in [4.69, 9.17) is 9.47 Å². The summed E-state index contributed by atoms with van der Waals surface area (Å²) in [7, 11) is 0. The minimum Gasteiger partial charge on any atom is -0.491 e. The topological polar surface area (TPSA) is 84.9 Å². The summed E-state index contributed by atoms with van der Waals surface area (Å²) in [6.07, 6.45) is 1.66. The first kappa shape index (κ1) is 28.0. The lowest BCUT2D eigenvalue weighted by atomic mass is 10.0. The number of nitrogens with zero attached hydrogens (tertiary/aromatic N) is 1. The average Bonchev–Trinajstić information content (AvgIpc) is 3.15. The maximum Gasteiger partial charge on any atom is 0.293 e. The first-order valence-corrected chi connectivity index (χ1v) is 13.6. The van der Waals surface area contributed by atoms with E-state index < -0.39 is 0 Å². The van der Waals surface area contributed by atoms with E-state index in [2.05, 4.69) is 19.2 Å². The van der Waals surface area contributed by atoms with Gasteiger partial charge in [0.15, 0.2) is 6.61 Å². The van der Waals surface area contributed by atoms with Crippen LogP contribution >= 0.6 is 11.8 Å². The molecule has 1 aliphatic rings. The predicted molar refractivity (Wildman–Crippen MR) is 155 cm³/mol. The predicted octanol–water partition coefficient (Wildman–Crippen LogP) is 6.56. The number of aryl methyl sites for hydroxylation is 2. The second-order valence-corrected chi connectivity index (χ2v) is 10.6. The van der Waals surface area contributed by atoms with E-state index in [9.17, 15) is 14.4 Å². The van der Waals surface area contributed by atoms with Gasteiger partial charge >= 0.3 is 0 Å². The molecule has 1 fully saturated rings. The van der Waals surface area contributed by atoms with Crippen LogP contribution in [0.1, 0.15) is 42.0 Å². The lowest BCUT2D eigenvalue weighted by Gasteiger charge is -2.17. The summed E-state index contributed by atoms with van der Waals surface area (Å²) in [5.41, 5.74) is 4.61. The number of carbonyl (C=O) groups is 3. The van der Waals surface area contributed by atoms with Gasteiger partial charge in [-0.1, -0.05) is 50.2 Å². The van der Waals surface area contributed by atoms with Crippen molar-refractivity contribution in [3.8, 4) is 11.5 Å². The van der Waals surface area contributed by atoms with Gasteiger partial charge in [0, 0.05) is 5.69 Å². The van der Waals surface area contributed by atoms with Gasteiger partial charge in [-0.3, -0.25) is 19.3 Å². The normalized spacial score (nSPS) is 14.3. The van der Waals surface area contributed by atoms with Crippen LogP contribution in [0.4, 0.5) is 10.5 Å². The van der Waals surface area contributed by atoms with E-state index in [1.807, 2.05) is 62.4 Å². The molecule has 8 heteroatoms. The van der Waals surface area contributed by atoms with Gasteiger partial charge in [-0.15, -0.1) is 0 Å². The third kappa shape index (κ3) is 7.51. The Morgan fingerprint density at radius 1 is 0.974 bits per heavy atom. The molecule has 0 saturated carbocycles. The zero-order chi connectivity index (χ0) is 27.9. The van der Waals surface area contributed by atoms with Crippen LogP contribution in [0, 0.1) is 13.8 Å². The molecule has 39 heavy (non-hydrogen) atoms. The van der Waals surface area contributed by atoms with Crippen LogP contribution < -0.4 is 14.8 Å². The monoisotopic (exact) mass is 544 g/mol. The summed E-state index contributed by atoms with van der Waals surface area (Å²) in [5, 5.41) is 2.47. The molecule has 0 unspecified atom stereocenters. The molecule has 0 aromatic heterocycles. The smallest absolute Gasteiger partial charge is 0.293 e. The molecule has 1 saturated heterocycles. The minimum atomic E-state index is -0.356. The lowest BCUT2D eigenvalue weighted by molar-refractivity contribution is -0.123. The number of benzene rings is 3. The van der Waals surface area contributed by atoms with E-state index in [1.165, 1.54) is 4.90 Å². The largest absolute Gasteiger partial charge is 0.491 e. The Morgan fingerprint density at radius 2 is 1.74 bits per heavy atom. The third-order valence-corrected chi connectivity index (χ3v) is 6.97. The Hall–Kier alpha value is -4.04. The highest BCUT2D eigenvalue weighted by Crippen LogP contribution is 2.33. The van der Waals surface area contributed by atoms with Crippen LogP contribution in [-0.2, 0) is 9.59 Å². The fourth-order valence-electron chi connectivity index (χ4n) is 4.10. The maximum atomic E-state index is 13.0.